The van der Waals surface area contributed by atoms with Crippen molar-refractivity contribution in [1.29, 1.82) is 0 Å². The molecule has 1 saturated carbocycles. The Morgan fingerprint density at radius 1 is 1.16 bits per heavy atom. The fraction of sp³-hybridized carbons (Fsp3) is 0.533. The highest BCUT2D eigenvalue weighted by atomic mass is 16.5. The molecule has 0 bridgehead atoms. The lowest BCUT2D eigenvalue weighted by Crippen LogP contribution is -2.34. The second-order valence-electron chi connectivity index (χ2n) is 5.37. The molecule has 4 heteroatoms. The highest BCUT2D eigenvalue weighted by molar-refractivity contribution is 6.04. The normalized spacial score (nSPS) is 28.4. The minimum atomic E-state index is -0.350. The molecule has 3 rings (SSSR count). The van der Waals surface area contributed by atoms with E-state index in [4.69, 9.17) is 9.94 Å². The van der Waals surface area contributed by atoms with Crippen LogP contribution in [-0.4, -0.2) is 28.2 Å². The van der Waals surface area contributed by atoms with Gasteiger partial charge in [0.1, 0.15) is 11.9 Å². The van der Waals surface area contributed by atoms with Gasteiger partial charge in [-0.25, -0.2) is 0 Å². The number of fused-ring (bicyclic) bond motifs is 1. The topological polar surface area (TPSA) is 62.1 Å². The number of rotatable bonds is 2. The smallest absolute Gasteiger partial charge is 0.124 e. The molecule has 0 aliphatic heterocycles. The molecule has 4 nitrogen and oxygen atoms in total. The van der Waals surface area contributed by atoms with E-state index in [1.165, 1.54) is 0 Å². The lowest BCUT2D eigenvalue weighted by atomic mass is 9.95. The molecule has 19 heavy (non-hydrogen) atoms. The molecule has 102 valence electrons. The zero-order chi connectivity index (χ0) is 13.2. The summed E-state index contributed by atoms with van der Waals surface area (Å²) in [6.45, 7) is 0. The van der Waals surface area contributed by atoms with E-state index < -0.39 is 0 Å². The number of oxime groups is 1. The maximum atomic E-state index is 9.93. The predicted octanol–water partition coefficient (Wildman–Crippen LogP) is 2.49. The largest absolute Gasteiger partial charge is 0.488 e. The standard InChI is InChI=1S/C15H19NO3/c17-14-3-1-2-4-15(14)19-11-6-7-12-10(9-11)5-8-13(12)16-18/h6-7,9,14-15,17-18H,1-5,8H2/b16-13-. The van der Waals surface area contributed by atoms with Crippen LogP contribution in [0.5, 0.6) is 5.75 Å². The van der Waals surface area contributed by atoms with Crippen molar-refractivity contribution in [3.63, 3.8) is 0 Å². The van der Waals surface area contributed by atoms with Crippen LogP contribution in [0.3, 0.4) is 0 Å². The summed E-state index contributed by atoms with van der Waals surface area (Å²) in [6.07, 6.45) is 5.19. The van der Waals surface area contributed by atoms with Gasteiger partial charge in [-0.2, -0.15) is 0 Å². The Kier molecular flexibility index (Phi) is 3.42. The van der Waals surface area contributed by atoms with E-state index in [1.54, 1.807) is 0 Å². The molecular weight excluding hydrogens is 242 g/mol. The Hall–Kier alpha value is -1.55. The molecule has 0 saturated heterocycles. The first-order chi connectivity index (χ1) is 9.28. The van der Waals surface area contributed by atoms with E-state index in [0.717, 1.165) is 61.1 Å². The van der Waals surface area contributed by atoms with E-state index in [0.29, 0.717) is 0 Å². The van der Waals surface area contributed by atoms with Gasteiger partial charge in [-0.1, -0.05) is 11.6 Å². The number of aliphatic hydroxyl groups is 1. The molecule has 1 aromatic rings. The molecule has 0 aromatic heterocycles. The summed E-state index contributed by atoms with van der Waals surface area (Å²) >= 11 is 0. The van der Waals surface area contributed by atoms with Crippen molar-refractivity contribution in [3.05, 3.63) is 29.3 Å². The molecule has 2 unspecified atom stereocenters. The van der Waals surface area contributed by atoms with Gasteiger partial charge in [0.05, 0.1) is 11.8 Å². The number of hydrogen-bond donors (Lipinski definition) is 2. The van der Waals surface area contributed by atoms with Crippen LogP contribution in [0, 0.1) is 0 Å². The van der Waals surface area contributed by atoms with Gasteiger partial charge in [0.15, 0.2) is 0 Å². The van der Waals surface area contributed by atoms with Crippen LogP contribution in [-0.2, 0) is 6.42 Å². The maximum absolute atomic E-state index is 9.93. The molecule has 1 fully saturated rings. The van der Waals surface area contributed by atoms with E-state index in [9.17, 15) is 5.11 Å². The zero-order valence-electron chi connectivity index (χ0n) is 10.9. The summed E-state index contributed by atoms with van der Waals surface area (Å²) in [7, 11) is 0. The number of hydrogen-bond acceptors (Lipinski definition) is 4. The molecular formula is C15H19NO3. The van der Waals surface area contributed by atoms with Crippen molar-refractivity contribution in [2.45, 2.75) is 50.7 Å². The Bertz CT molecular complexity index is 498. The highest BCUT2D eigenvalue weighted by Gasteiger charge is 2.25. The van der Waals surface area contributed by atoms with Crippen LogP contribution in [0.4, 0.5) is 0 Å². The van der Waals surface area contributed by atoms with Gasteiger partial charge in [0, 0.05) is 5.56 Å². The molecule has 0 amide bonds. The molecule has 1 aromatic carbocycles. The van der Waals surface area contributed by atoms with Gasteiger partial charge in [0.25, 0.3) is 0 Å². The van der Waals surface area contributed by atoms with Crippen LogP contribution in [0.25, 0.3) is 0 Å². The average molecular weight is 261 g/mol. The Morgan fingerprint density at radius 3 is 2.79 bits per heavy atom. The van der Waals surface area contributed by atoms with Crippen molar-refractivity contribution in [2.75, 3.05) is 0 Å². The van der Waals surface area contributed by atoms with Gasteiger partial charge in [0.2, 0.25) is 0 Å². The van der Waals surface area contributed by atoms with Crippen LogP contribution in [0.2, 0.25) is 0 Å². The lowest BCUT2D eigenvalue weighted by molar-refractivity contribution is 0.00684. The predicted molar refractivity (Wildman–Crippen MR) is 72.0 cm³/mol. The van der Waals surface area contributed by atoms with Crippen molar-refractivity contribution in [2.24, 2.45) is 5.16 Å². The van der Waals surface area contributed by atoms with Gasteiger partial charge < -0.3 is 15.1 Å². The first-order valence-electron chi connectivity index (χ1n) is 6.97. The molecule has 2 aliphatic rings. The third kappa shape index (κ3) is 2.45. The lowest BCUT2D eigenvalue weighted by Gasteiger charge is -2.28. The maximum Gasteiger partial charge on any atom is 0.124 e. The summed E-state index contributed by atoms with van der Waals surface area (Å²) in [5, 5.41) is 22.2. The summed E-state index contributed by atoms with van der Waals surface area (Å²) in [5.74, 6) is 0.809. The van der Waals surface area contributed by atoms with E-state index in [1.807, 2.05) is 18.2 Å². The quantitative estimate of drug-likeness (QED) is 0.635. The van der Waals surface area contributed by atoms with Crippen LogP contribution in [0.15, 0.2) is 23.4 Å². The summed E-state index contributed by atoms with van der Waals surface area (Å²) < 4.78 is 5.91. The van der Waals surface area contributed by atoms with Crippen molar-refractivity contribution in [1.82, 2.24) is 0 Å². The van der Waals surface area contributed by atoms with Crippen molar-refractivity contribution in [3.8, 4) is 5.75 Å². The van der Waals surface area contributed by atoms with E-state index >= 15 is 0 Å². The van der Waals surface area contributed by atoms with Gasteiger partial charge in [-0.05, 0) is 55.9 Å². The molecule has 2 N–H and O–H groups in total. The minimum Gasteiger partial charge on any atom is -0.488 e. The molecule has 2 atom stereocenters. The number of benzene rings is 1. The van der Waals surface area contributed by atoms with Gasteiger partial charge in [-0.3, -0.25) is 0 Å². The van der Waals surface area contributed by atoms with Crippen LogP contribution < -0.4 is 4.74 Å². The van der Waals surface area contributed by atoms with E-state index in [-0.39, 0.29) is 12.2 Å². The second-order valence-corrected chi connectivity index (χ2v) is 5.37. The van der Waals surface area contributed by atoms with Crippen LogP contribution >= 0.6 is 0 Å². The molecule has 0 heterocycles. The van der Waals surface area contributed by atoms with E-state index in [2.05, 4.69) is 5.16 Å². The van der Waals surface area contributed by atoms with Gasteiger partial charge in [-0.15, -0.1) is 0 Å². The molecule has 2 aliphatic carbocycles. The summed E-state index contributed by atoms with van der Waals surface area (Å²) in [4.78, 5) is 0. The summed E-state index contributed by atoms with van der Waals surface area (Å²) in [6, 6.07) is 5.85. The van der Waals surface area contributed by atoms with Crippen LogP contribution in [0.1, 0.15) is 43.2 Å². The Labute approximate surface area is 112 Å². The SMILES string of the molecule is O/N=C1/CCc2cc(OC3CCCCC3O)ccc21. The fourth-order valence-electron chi connectivity index (χ4n) is 3.01. The van der Waals surface area contributed by atoms with Crippen molar-refractivity contribution < 1.29 is 15.1 Å². The van der Waals surface area contributed by atoms with Gasteiger partial charge >= 0.3 is 0 Å². The monoisotopic (exact) mass is 261 g/mol. The fourth-order valence-corrected chi connectivity index (χ4v) is 3.01. The molecule has 0 radical (unpaired) electrons. The first kappa shape index (κ1) is 12.5. The third-order valence-electron chi connectivity index (χ3n) is 4.09. The van der Waals surface area contributed by atoms with Crippen molar-refractivity contribution >= 4 is 5.71 Å². The highest BCUT2D eigenvalue weighted by Crippen LogP contribution is 2.29. The number of aryl methyl sites for hydroxylation is 1. The first-order valence-corrected chi connectivity index (χ1v) is 6.97. The third-order valence-corrected chi connectivity index (χ3v) is 4.09. The number of nitrogens with zero attached hydrogens (tertiary/aromatic N) is 1. The Balaban J connectivity index is 1.76. The zero-order valence-corrected chi connectivity index (χ0v) is 10.9. The number of ether oxygens (including phenoxy) is 1. The average Bonchev–Trinajstić information content (AvgIpc) is 2.83. The second kappa shape index (κ2) is 5.21. The minimum absolute atomic E-state index is 0.0841. The number of aliphatic hydroxyl groups excluding tert-OH is 1. The molecule has 0 spiro atoms. The Morgan fingerprint density at radius 2 is 2.00 bits per heavy atom. The summed E-state index contributed by atoms with van der Waals surface area (Å²) in [5.41, 5.74) is 2.92.